The molecule has 2 heterocycles. The van der Waals surface area contributed by atoms with Crippen molar-refractivity contribution in [1.82, 2.24) is 15.2 Å². The van der Waals surface area contributed by atoms with E-state index in [2.05, 4.69) is 10.3 Å². The second-order valence-corrected chi connectivity index (χ2v) is 7.64. The first-order valence-electron chi connectivity index (χ1n) is 10.3. The predicted molar refractivity (Wildman–Crippen MR) is 103 cm³/mol. The topological polar surface area (TPSA) is 71.5 Å². The van der Waals surface area contributed by atoms with E-state index in [0.29, 0.717) is 25.4 Å². The summed E-state index contributed by atoms with van der Waals surface area (Å²) in [6, 6.07) is 3.82. The highest BCUT2D eigenvalue weighted by atomic mass is 16.5. The van der Waals surface area contributed by atoms with Crippen LogP contribution in [0.1, 0.15) is 63.9 Å². The Morgan fingerprint density at radius 3 is 2.85 bits per heavy atom. The van der Waals surface area contributed by atoms with Crippen LogP contribution in [0.3, 0.4) is 0 Å². The molecular formula is C21H31N3O3. The number of nitrogens with one attached hydrogen (secondary N) is 1. The molecule has 6 nitrogen and oxygen atoms in total. The molecule has 0 radical (unpaired) electrons. The molecule has 1 aliphatic carbocycles. The molecule has 2 fully saturated rings. The van der Waals surface area contributed by atoms with Crippen LogP contribution < -0.4 is 10.1 Å². The Hall–Kier alpha value is -2.11. The average molecular weight is 373 g/mol. The summed E-state index contributed by atoms with van der Waals surface area (Å²) in [5.41, 5.74) is 0.910. The van der Waals surface area contributed by atoms with Gasteiger partial charge in [0.25, 0.3) is 0 Å². The molecule has 6 heteroatoms. The van der Waals surface area contributed by atoms with Gasteiger partial charge in [-0.2, -0.15) is 0 Å². The number of aromatic nitrogens is 1. The summed E-state index contributed by atoms with van der Waals surface area (Å²) in [4.78, 5) is 31.0. The van der Waals surface area contributed by atoms with Crippen LogP contribution in [0.5, 0.6) is 5.88 Å². The first-order valence-corrected chi connectivity index (χ1v) is 10.3. The zero-order chi connectivity index (χ0) is 19.1. The van der Waals surface area contributed by atoms with Crippen molar-refractivity contribution in [2.45, 2.75) is 70.9 Å². The first kappa shape index (κ1) is 19.6. The van der Waals surface area contributed by atoms with Crippen molar-refractivity contribution in [2.24, 2.45) is 5.92 Å². The number of nitrogens with zero attached hydrogens (tertiary/aromatic N) is 2. The van der Waals surface area contributed by atoms with Crippen LogP contribution in [-0.4, -0.2) is 40.9 Å². The van der Waals surface area contributed by atoms with Gasteiger partial charge < -0.3 is 15.0 Å². The number of hydrogen-bond acceptors (Lipinski definition) is 4. The molecule has 1 aromatic heterocycles. The SMILES string of the molecule is CCCC(=O)N1CCCC(C(=O)NCc2cccnc2OC2CCCC2)C1. The summed E-state index contributed by atoms with van der Waals surface area (Å²) in [5.74, 6) is 0.678. The number of hydrogen-bond donors (Lipinski definition) is 1. The number of ether oxygens (including phenoxy) is 1. The molecule has 1 saturated carbocycles. The third kappa shape index (κ3) is 5.44. The molecule has 1 atom stereocenters. The van der Waals surface area contributed by atoms with E-state index in [1.54, 1.807) is 6.20 Å². The van der Waals surface area contributed by atoms with Crippen molar-refractivity contribution >= 4 is 11.8 Å². The van der Waals surface area contributed by atoms with Crippen LogP contribution in [0.25, 0.3) is 0 Å². The number of amides is 2. The Kier molecular flexibility index (Phi) is 7.07. The molecule has 1 N–H and O–H groups in total. The van der Waals surface area contributed by atoms with Gasteiger partial charge in [-0.1, -0.05) is 13.0 Å². The summed E-state index contributed by atoms with van der Waals surface area (Å²) in [5, 5.41) is 3.03. The van der Waals surface area contributed by atoms with E-state index in [1.165, 1.54) is 12.8 Å². The maximum atomic E-state index is 12.6. The highest BCUT2D eigenvalue weighted by Gasteiger charge is 2.28. The minimum atomic E-state index is -0.129. The highest BCUT2D eigenvalue weighted by molar-refractivity contribution is 5.81. The maximum absolute atomic E-state index is 12.6. The lowest BCUT2D eigenvalue weighted by atomic mass is 9.96. The molecular weight excluding hydrogens is 342 g/mol. The van der Waals surface area contributed by atoms with E-state index in [0.717, 1.165) is 44.2 Å². The van der Waals surface area contributed by atoms with Gasteiger partial charge in [-0.15, -0.1) is 0 Å². The molecule has 1 saturated heterocycles. The second-order valence-electron chi connectivity index (χ2n) is 7.64. The summed E-state index contributed by atoms with van der Waals surface area (Å²) in [7, 11) is 0. The number of rotatable bonds is 7. The van der Waals surface area contributed by atoms with Crippen LogP contribution in [0, 0.1) is 5.92 Å². The minimum Gasteiger partial charge on any atom is -0.474 e. The predicted octanol–water partition coefficient (Wildman–Crippen LogP) is 3.06. The molecule has 0 aromatic carbocycles. The first-order chi connectivity index (χ1) is 13.2. The van der Waals surface area contributed by atoms with Gasteiger partial charge in [0.1, 0.15) is 6.10 Å². The number of carbonyl (C=O) groups excluding carboxylic acids is 2. The van der Waals surface area contributed by atoms with Crippen LogP contribution >= 0.6 is 0 Å². The summed E-state index contributed by atoms with van der Waals surface area (Å²) in [6.45, 7) is 3.72. The van der Waals surface area contributed by atoms with Crippen molar-refractivity contribution in [3.63, 3.8) is 0 Å². The van der Waals surface area contributed by atoms with Gasteiger partial charge in [0, 0.05) is 37.8 Å². The number of piperidine rings is 1. The van der Waals surface area contributed by atoms with Crippen molar-refractivity contribution < 1.29 is 14.3 Å². The van der Waals surface area contributed by atoms with E-state index in [4.69, 9.17) is 4.74 Å². The minimum absolute atomic E-state index is 0.0136. The summed E-state index contributed by atoms with van der Waals surface area (Å²) >= 11 is 0. The molecule has 0 bridgehead atoms. The van der Waals surface area contributed by atoms with Gasteiger partial charge in [-0.05, 0) is 51.0 Å². The summed E-state index contributed by atoms with van der Waals surface area (Å²) in [6.07, 6.45) is 9.66. The molecule has 1 aromatic rings. The van der Waals surface area contributed by atoms with Crippen LogP contribution in [0.2, 0.25) is 0 Å². The molecule has 2 aliphatic rings. The van der Waals surface area contributed by atoms with Crippen molar-refractivity contribution in [2.75, 3.05) is 13.1 Å². The number of pyridine rings is 1. The average Bonchev–Trinajstić information content (AvgIpc) is 3.20. The van der Waals surface area contributed by atoms with E-state index in [-0.39, 0.29) is 23.8 Å². The van der Waals surface area contributed by atoms with Crippen LogP contribution in [-0.2, 0) is 16.1 Å². The molecule has 1 unspecified atom stereocenters. The lowest BCUT2D eigenvalue weighted by Crippen LogP contribution is -2.45. The zero-order valence-corrected chi connectivity index (χ0v) is 16.3. The number of carbonyl (C=O) groups is 2. The zero-order valence-electron chi connectivity index (χ0n) is 16.3. The Balaban J connectivity index is 1.53. The van der Waals surface area contributed by atoms with Gasteiger partial charge in [0.05, 0.1) is 5.92 Å². The smallest absolute Gasteiger partial charge is 0.225 e. The van der Waals surface area contributed by atoms with Gasteiger partial charge in [-0.25, -0.2) is 4.98 Å². The van der Waals surface area contributed by atoms with Crippen LogP contribution in [0.15, 0.2) is 18.3 Å². The fraction of sp³-hybridized carbons (Fsp3) is 0.667. The largest absolute Gasteiger partial charge is 0.474 e. The number of likely N-dealkylation sites (tertiary alicyclic amines) is 1. The standard InChI is InChI=1S/C21H31N3O3/c1-2-7-19(25)24-13-6-9-17(15-24)20(26)23-14-16-8-5-12-22-21(16)27-18-10-3-4-11-18/h5,8,12,17-18H,2-4,6-7,9-11,13-15H2,1H3,(H,23,26). The second kappa shape index (κ2) is 9.72. The van der Waals surface area contributed by atoms with E-state index < -0.39 is 0 Å². The monoisotopic (exact) mass is 373 g/mol. The molecule has 27 heavy (non-hydrogen) atoms. The van der Waals surface area contributed by atoms with Gasteiger partial charge in [0.2, 0.25) is 17.7 Å². The molecule has 2 amide bonds. The third-order valence-corrected chi connectivity index (χ3v) is 5.49. The quantitative estimate of drug-likeness (QED) is 0.797. The Morgan fingerprint density at radius 1 is 1.26 bits per heavy atom. The van der Waals surface area contributed by atoms with Gasteiger partial charge >= 0.3 is 0 Å². The lowest BCUT2D eigenvalue weighted by molar-refractivity contribution is -0.135. The Labute approximate surface area is 161 Å². The maximum Gasteiger partial charge on any atom is 0.225 e. The van der Waals surface area contributed by atoms with Crippen molar-refractivity contribution in [1.29, 1.82) is 0 Å². The van der Waals surface area contributed by atoms with Crippen molar-refractivity contribution in [3.8, 4) is 5.88 Å². The van der Waals surface area contributed by atoms with E-state index in [1.807, 2.05) is 24.0 Å². The molecule has 0 spiro atoms. The van der Waals surface area contributed by atoms with Gasteiger partial charge in [-0.3, -0.25) is 9.59 Å². The van der Waals surface area contributed by atoms with Gasteiger partial charge in [0.15, 0.2) is 0 Å². The fourth-order valence-electron chi connectivity index (χ4n) is 3.95. The third-order valence-electron chi connectivity index (χ3n) is 5.49. The lowest BCUT2D eigenvalue weighted by Gasteiger charge is -2.32. The normalized spacial score (nSPS) is 20.5. The van der Waals surface area contributed by atoms with E-state index in [9.17, 15) is 9.59 Å². The highest BCUT2D eigenvalue weighted by Crippen LogP contribution is 2.25. The molecule has 3 rings (SSSR count). The molecule has 1 aliphatic heterocycles. The van der Waals surface area contributed by atoms with Crippen LogP contribution in [0.4, 0.5) is 0 Å². The Bertz CT molecular complexity index is 643. The van der Waals surface area contributed by atoms with E-state index >= 15 is 0 Å². The molecule has 148 valence electrons. The van der Waals surface area contributed by atoms with Crippen molar-refractivity contribution in [3.05, 3.63) is 23.9 Å². The summed E-state index contributed by atoms with van der Waals surface area (Å²) < 4.78 is 6.04. The Morgan fingerprint density at radius 2 is 2.07 bits per heavy atom. The fourth-order valence-corrected chi connectivity index (χ4v) is 3.95.